The number of rotatable bonds is 5. The fourth-order valence-electron chi connectivity index (χ4n) is 3.14. The van der Waals surface area contributed by atoms with Gasteiger partial charge in [-0.05, 0) is 36.4 Å². The van der Waals surface area contributed by atoms with Crippen molar-refractivity contribution in [3.05, 3.63) is 89.2 Å². The number of fused-ring (bicyclic) bond motifs is 1. The van der Waals surface area contributed by atoms with Gasteiger partial charge < -0.3 is 18.9 Å². The van der Waals surface area contributed by atoms with E-state index in [9.17, 15) is 9.59 Å². The van der Waals surface area contributed by atoms with Crippen molar-refractivity contribution in [1.29, 1.82) is 0 Å². The van der Waals surface area contributed by atoms with Crippen molar-refractivity contribution in [3.63, 3.8) is 0 Å². The molecule has 3 aromatic carbocycles. The van der Waals surface area contributed by atoms with E-state index in [-0.39, 0.29) is 17.3 Å². The van der Waals surface area contributed by atoms with E-state index in [0.717, 1.165) is 0 Å². The zero-order valence-electron chi connectivity index (χ0n) is 16.4. The second-order valence-electron chi connectivity index (χ2n) is 6.44. The summed E-state index contributed by atoms with van der Waals surface area (Å²) in [5.74, 6) is 1.04. The second-order valence-corrected chi connectivity index (χ2v) is 6.44. The average Bonchev–Trinajstić information content (AvgIpc) is 3.08. The van der Waals surface area contributed by atoms with Gasteiger partial charge in [0, 0.05) is 11.6 Å². The Morgan fingerprint density at radius 1 is 0.933 bits per heavy atom. The minimum Gasteiger partial charge on any atom is -0.493 e. The smallest absolute Gasteiger partial charge is 0.343 e. The highest BCUT2D eigenvalue weighted by Gasteiger charge is 2.28. The van der Waals surface area contributed by atoms with Gasteiger partial charge in [0.1, 0.15) is 11.5 Å². The lowest BCUT2D eigenvalue weighted by molar-refractivity contribution is 0.0734. The Kier molecular flexibility index (Phi) is 5.22. The van der Waals surface area contributed by atoms with Crippen LogP contribution in [0.5, 0.6) is 23.0 Å². The van der Waals surface area contributed by atoms with Gasteiger partial charge in [-0.1, -0.05) is 30.3 Å². The molecule has 0 bridgehead atoms. The summed E-state index contributed by atoms with van der Waals surface area (Å²) in [5.41, 5.74) is 1.46. The van der Waals surface area contributed by atoms with Crippen molar-refractivity contribution in [2.75, 3.05) is 14.2 Å². The minimum absolute atomic E-state index is 0.142. The molecule has 0 spiro atoms. The van der Waals surface area contributed by atoms with Gasteiger partial charge in [0.15, 0.2) is 17.3 Å². The quantitative estimate of drug-likeness (QED) is 0.355. The van der Waals surface area contributed by atoms with Crippen LogP contribution in [0.2, 0.25) is 0 Å². The Labute approximate surface area is 173 Å². The standard InChI is InChI=1S/C24H18O6/c1-27-19-10-6-9-16(23(19)28-2)13-21-22(25)18-12-11-17(14-20(18)30-21)29-24(26)15-7-4-3-5-8-15/h3-14H,1-2H3. The first-order valence-electron chi connectivity index (χ1n) is 9.17. The van der Waals surface area contributed by atoms with E-state index in [0.29, 0.717) is 33.9 Å². The molecule has 0 saturated heterocycles. The van der Waals surface area contributed by atoms with Gasteiger partial charge in [0.05, 0.1) is 25.3 Å². The number of benzene rings is 3. The lowest BCUT2D eigenvalue weighted by atomic mass is 10.1. The molecular formula is C24H18O6. The van der Waals surface area contributed by atoms with Crippen LogP contribution in [0.25, 0.3) is 6.08 Å². The minimum atomic E-state index is -0.489. The number of carbonyl (C=O) groups excluding carboxylic acids is 2. The second kappa shape index (κ2) is 8.13. The summed E-state index contributed by atoms with van der Waals surface area (Å²) in [7, 11) is 3.07. The Bertz CT molecular complexity index is 1150. The number of ether oxygens (including phenoxy) is 4. The highest BCUT2D eigenvalue weighted by atomic mass is 16.5. The Balaban J connectivity index is 1.59. The van der Waals surface area contributed by atoms with Crippen LogP contribution in [-0.4, -0.2) is 26.0 Å². The maximum atomic E-state index is 12.7. The molecule has 0 unspecified atom stereocenters. The van der Waals surface area contributed by atoms with Gasteiger partial charge >= 0.3 is 5.97 Å². The van der Waals surface area contributed by atoms with E-state index in [2.05, 4.69) is 0 Å². The van der Waals surface area contributed by atoms with E-state index >= 15 is 0 Å². The zero-order chi connectivity index (χ0) is 21.1. The van der Waals surface area contributed by atoms with Crippen LogP contribution in [0.3, 0.4) is 0 Å². The molecule has 1 heterocycles. The number of methoxy groups -OCH3 is 2. The van der Waals surface area contributed by atoms with Gasteiger partial charge in [-0.15, -0.1) is 0 Å². The maximum absolute atomic E-state index is 12.7. The molecule has 0 atom stereocenters. The molecule has 6 nitrogen and oxygen atoms in total. The van der Waals surface area contributed by atoms with Crippen molar-refractivity contribution in [2.45, 2.75) is 0 Å². The lowest BCUT2D eigenvalue weighted by Crippen LogP contribution is -2.08. The maximum Gasteiger partial charge on any atom is 0.343 e. The largest absolute Gasteiger partial charge is 0.493 e. The van der Waals surface area contributed by atoms with Crippen LogP contribution in [0.15, 0.2) is 72.5 Å². The molecule has 0 aromatic heterocycles. The highest BCUT2D eigenvalue weighted by Crippen LogP contribution is 2.37. The van der Waals surface area contributed by atoms with Crippen LogP contribution in [-0.2, 0) is 0 Å². The fraction of sp³-hybridized carbons (Fsp3) is 0.0833. The number of allylic oxidation sites excluding steroid dienone is 1. The van der Waals surface area contributed by atoms with Crippen molar-refractivity contribution in [2.24, 2.45) is 0 Å². The first-order chi connectivity index (χ1) is 14.6. The van der Waals surface area contributed by atoms with E-state index in [1.807, 2.05) is 6.07 Å². The van der Waals surface area contributed by atoms with Crippen LogP contribution in [0.4, 0.5) is 0 Å². The first-order valence-corrected chi connectivity index (χ1v) is 9.17. The van der Waals surface area contributed by atoms with Crippen molar-refractivity contribution >= 4 is 17.8 Å². The molecule has 0 radical (unpaired) electrons. The first kappa shape index (κ1) is 19.3. The third-order valence-electron chi connectivity index (χ3n) is 4.58. The number of ketones is 1. The normalized spacial score (nSPS) is 13.5. The van der Waals surface area contributed by atoms with Gasteiger partial charge in [0.25, 0.3) is 0 Å². The molecule has 0 amide bonds. The molecule has 3 aromatic rings. The van der Waals surface area contributed by atoms with E-state index in [1.54, 1.807) is 67.8 Å². The molecule has 1 aliphatic heterocycles. The predicted octanol–water partition coefficient (Wildman–Crippen LogP) is 4.54. The van der Waals surface area contributed by atoms with Crippen LogP contribution < -0.4 is 18.9 Å². The SMILES string of the molecule is COc1cccc(C=C2Oc3cc(OC(=O)c4ccccc4)ccc3C2=O)c1OC. The molecule has 0 N–H and O–H groups in total. The zero-order valence-corrected chi connectivity index (χ0v) is 16.4. The molecular weight excluding hydrogens is 384 g/mol. The number of esters is 1. The van der Waals surface area contributed by atoms with Gasteiger partial charge in [-0.25, -0.2) is 4.79 Å². The van der Waals surface area contributed by atoms with Crippen LogP contribution in [0, 0.1) is 0 Å². The molecule has 150 valence electrons. The topological polar surface area (TPSA) is 71.1 Å². The molecule has 0 saturated carbocycles. The van der Waals surface area contributed by atoms with Crippen LogP contribution >= 0.6 is 0 Å². The number of Topliss-reactive ketones (excluding diaryl/α,β-unsaturated/α-hetero) is 1. The Hall–Kier alpha value is -4.06. The van der Waals surface area contributed by atoms with Crippen molar-refractivity contribution in [1.82, 2.24) is 0 Å². The van der Waals surface area contributed by atoms with E-state index < -0.39 is 5.97 Å². The molecule has 4 rings (SSSR count). The molecule has 1 aliphatic rings. The third-order valence-corrected chi connectivity index (χ3v) is 4.58. The number of para-hydroxylation sites is 1. The van der Waals surface area contributed by atoms with Crippen molar-refractivity contribution in [3.8, 4) is 23.0 Å². The van der Waals surface area contributed by atoms with Crippen molar-refractivity contribution < 1.29 is 28.5 Å². The molecule has 30 heavy (non-hydrogen) atoms. The number of carbonyl (C=O) groups is 2. The Morgan fingerprint density at radius 2 is 1.73 bits per heavy atom. The number of hydrogen-bond donors (Lipinski definition) is 0. The molecule has 0 fully saturated rings. The monoisotopic (exact) mass is 402 g/mol. The summed E-state index contributed by atoms with van der Waals surface area (Å²) in [6, 6.07) is 18.7. The summed E-state index contributed by atoms with van der Waals surface area (Å²) in [6.45, 7) is 0. The predicted molar refractivity (Wildman–Crippen MR) is 110 cm³/mol. The fourth-order valence-corrected chi connectivity index (χ4v) is 3.14. The third kappa shape index (κ3) is 3.63. The van der Waals surface area contributed by atoms with E-state index in [4.69, 9.17) is 18.9 Å². The summed E-state index contributed by atoms with van der Waals surface area (Å²) in [4.78, 5) is 25.0. The van der Waals surface area contributed by atoms with Crippen LogP contribution in [0.1, 0.15) is 26.3 Å². The number of hydrogen-bond acceptors (Lipinski definition) is 6. The summed E-state index contributed by atoms with van der Waals surface area (Å²) >= 11 is 0. The highest BCUT2D eigenvalue weighted by molar-refractivity contribution is 6.14. The summed E-state index contributed by atoms with van der Waals surface area (Å²) < 4.78 is 21.8. The van der Waals surface area contributed by atoms with Gasteiger partial charge in [-0.3, -0.25) is 4.79 Å². The summed E-state index contributed by atoms with van der Waals surface area (Å²) in [6.07, 6.45) is 1.60. The van der Waals surface area contributed by atoms with Gasteiger partial charge in [-0.2, -0.15) is 0 Å². The Morgan fingerprint density at radius 3 is 2.47 bits per heavy atom. The molecule has 6 heteroatoms. The average molecular weight is 402 g/mol. The molecule has 0 aliphatic carbocycles. The van der Waals surface area contributed by atoms with E-state index in [1.165, 1.54) is 13.2 Å². The summed E-state index contributed by atoms with van der Waals surface area (Å²) in [5, 5.41) is 0. The lowest BCUT2D eigenvalue weighted by Gasteiger charge is -2.10. The van der Waals surface area contributed by atoms with Gasteiger partial charge in [0.2, 0.25) is 5.78 Å².